The molecule has 3 atom stereocenters. The van der Waals surface area contributed by atoms with Gasteiger partial charge in [-0.15, -0.1) is 0 Å². The highest BCUT2D eigenvalue weighted by Crippen LogP contribution is 1.97. The van der Waals surface area contributed by atoms with Crippen molar-refractivity contribution in [2.75, 3.05) is 93.0 Å². The van der Waals surface area contributed by atoms with Gasteiger partial charge in [0, 0.05) is 7.11 Å². The summed E-state index contributed by atoms with van der Waals surface area (Å²) in [6, 6.07) is 0. The Hall–Kier alpha value is -0.400. The molecular formula is C20H44O10. The molecule has 3 unspecified atom stereocenters. The fourth-order valence-corrected chi connectivity index (χ4v) is 1.67. The molecule has 10 nitrogen and oxygen atoms in total. The zero-order chi connectivity index (χ0) is 22.9. The van der Waals surface area contributed by atoms with Crippen molar-refractivity contribution in [3.63, 3.8) is 0 Å². The van der Waals surface area contributed by atoms with Crippen LogP contribution in [-0.2, 0) is 33.2 Å². The molecule has 0 aromatic rings. The summed E-state index contributed by atoms with van der Waals surface area (Å²) >= 11 is 0. The van der Waals surface area contributed by atoms with E-state index in [4.69, 9.17) is 48.5 Å². The van der Waals surface area contributed by atoms with Gasteiger partial charge >= 0.3 is 0 Å². The lowest BCUT2D eigenvalue weighted by Gasteiger charge is -2.16. The summed E-state index contributed by atoms with van der Waals surface area (Å²) in [6.45, 7) is 11.0. The first-order chi connectivity index (χ1) is 14.5. The summed E-state index contributed by atoms with van der Waals surface area (Å²) in [5.41, 5.74) is 0. The topological polar surface area (TPSA) is 125 Å². The molecule has 0 spiro atoms. The molecule has 30 heavy (non-hydrogen) atoms. The van der Waals surface area contributed by atoms with Crippen molar-refractivity contribution in [1.82, 2.24) is 0 Å². The van der Waals surface area contributed by atoms with Gasteiger partial charge in [-0.2, -0.15) is 0 Å². The third-order valence-corrected chi connectivity index (χ3v) is 3.28. The minimum absolute atomic E-state index is 0.0170. The van der Waals surface area contributed by atoms with Gasteiger partial charge in [-0.1, -0.05) is 0 Å². The van der Waals surface area contributed by atoms with E-state index in [-0.39, 0.29) is 25.4 Å². The van der Waals surface area contributed by atoms with Gasteiger partial charge < -0.3 is 48.5 Å². The van der Waals surface area contributed by atoms with Crippen molar-refractivity contribution in [2.24, 2.45) is 0 Å². The highest BCUT2D eigenvalue weighted by molar-refractivity contribution is 4.53. The van der Waals surface area contributed by atoms with Gasteiger partial charge in [-0.3, -0.25) is 0 Å². The van der Waals surface area contributed by atoms with E-state index in [1.54, 1.807) is 21.0 Å². The third kappa shape index (κ3) is 29.8. The van der Waals surface area contributed by atoms with Crippen LogP contribution in [0.5, 0.6) is 0 Å². The molecule has 3 N–H and O–H groups in total. The minimum atomic E-state index is -0.447. The second-order valence-corrected chi connectivity index (χ2v) is 6.49. The van der Waals surface area contributed by atoms with E-state index >= 15 is 0 Å². The number of ether oxygens (including phenoxy) is 7. The molecule has 0 aromatic heterocycles. The zero-order valence-corrected chi connectivity index (χ0v) is 19.1. The standard InChI is InChI=1S/C11H24O6.C9H20O4/c1-13-4-5-15-8-9-17-11-10-16-7-6-14-3-2-12;1-7(11)5-12-9(3)6-13-8(2)4-10/h12H,2-11H2,1H3;7-11H,4-6H2,1-3H3. The number of rotatable bonds is 21. The lowest BCUT2D eigenvalue weighted by molar-refractivity contribution is -0.0620. The molecule has 184 valence electrons. The Kier molecular flexibility index (Phi) is 28.2. The van der Waals surface area contributed by atoms with Gasteiger partial charge in [0.25, 0.3) is 0 Å². The Morgan fingerprint density at radius 3 is 1.43 bits per heavy atom. The van der Waals surface area contributed by atoms with Crippen LogP contribution in [-0.4, -0.2) is 127 Å². The third-order valence-electron chi connectivity index (χ3n) is 3.28. The summed E-state index contributed by atoms with van der Waals surface area (Å²) < 4.78 is 36.0. The SMILES string of the molecule is CC(O)COC(C)COC(C)CO.COCCOCCOCCOCCOCCO. The fourth-order valence-electron chi connectivity index (χ4n) is 1.67. The van der Waals surface area contributed by atoms with Gasteiger partial charge in [0.1, 0.15) is 0 Å². The van der Waals surface area contributed by atoms with Crippen molar-refractivity contribution < 1.29 is 48.5 Å². The highest BCUT2D eigenvalue weighted by atomic mass is 16.6. The fraction of sp³-hybridized carbons (Fsp3) is 1.00. The Balaban J connectivity index is 0. The molecule has 0 heterocycles. The van der Waals surface area contributed by atoms with Crippen LogP contribution >= 0.6 is 0 Å². The van der Waals surface area contributed by atoms with E-state index < -0.39 is 6.10 Å². The molecular weight excluding hydrogens is 400 g/mol. The Morgan fingerprint density at radius 1 is 0.600 bits per heavy atom. The molecule has 0 radical (unpaired) electrons. The first-order valence-corrected chi connectivity index (χ1v) is 10.4. The number of methoxy groups -OCH3 is 1. The van der Waals surface area contributed by atoms with Gasteiger partial charge in [0.2, 0.25) is 0 Å². The Bertz CT molecular complexity index is 293. The number of aliphatic hydroxyl groups excluding tert-OH is 3. The maximum Gasteiger partial charge on any atom is 0.0781 e. The molecule has 0 aliphatic heterocycles. The van der Waals surface area contributed by atoms with Crippen molar-refractivity contribution in [3.8, 4) is 0 Å². The van der Waals surface area contributed by atoms with E-state index in [2.05, 4.69) is 0 Å². The molecule has 0 amide bonds. The quantitative estimate of drug-likeness (QED) is 0.206. The van der Waals surface area contributed by atoms with Crippen LogP contribution in [0.1, 0.15) is 20.8 Å². The van der Waals surface area contributed by atoms with Crippen LogP contribution in [0.4, 0.5) is 0 Å². The normalized spacial score (nSPS) is 14.1. The number of hydrogen-bond donors (Lipinski definition) is 3. The van der Waals surface area contributed by atoms with Gasteiger partial charge in [0.15, 0.2) is 0 Å². The van der Waals surface area contributed by atoms with Gasteiger partial charge in [-0.05, 0) is 20.8 Å². The van der Waals surface area contributed by atoms with Crippen LogP contribution in [0, 0.1) is 0 Å². The smallest absolute Gasteiger partial charge is 0.0781 e. The molecule has 0 saturated heterocycles. The second kappa shape index (κ2) is 26.6. The second-order valence-electron chi connectivity index (χ2n) is 6.49. The average molecular weight is 445 g/mol. The van der Waals surface area contributed by atoms with E-state index in [0.717, 1.165) is 0 Å². The summed E-state index contributed by atoms with van der Waals surface area (Å²) in [4.78, 5) is 0. The van der Waals surface area contributed by atoms with Crippen molar-refractivity contribution in [1.29, 1.82) is 0 Å². The van der Waals surface area contributed by atoms with Crippen molar-refractivity contribution in [2.45, 2.75) is 39.1 Å². The van der Waals surface area contributed by atoms with E-state index in [1.165, 1.54) is 0 Å². The Morgan fingerprint density at radius 2 is 1.03 bits per heavy atom. The molecule has 0 aliphatic rings. The number of aliphatic hydroxyl groups is 3. The molecule has 0 bridgehead atoms. The molecule has 0 rings (SSSR count). The summed E-state index contributed by atoms with van der Waals surface area (Å²) in [5.74, 6) is 0. The first-order valence-electron chi connectivity index (χ1n) is 10.4. The lowest BCUT2D eigenvalue weighted by atomic mass is 10.4. The molecule has 0 aliphatic carbocycles. The summed E-state index contributed by atoms with van der Waals surface area (Å²) in [6.07, 6.45) is -0.654. The van der Waals surface area contributed by atoms with Crippen molar-refractivity contribution in [3.05, 3.63) is 0 Å². The molecule has 0 aromatic carbocycles. The van der Waals surface area contributed by atoms with E-state index in [9.17, 15) is 0 Å². The van der Waals surface area contributed by atoms with Crippen LogP contribution in [0.25, 0.3) is 0 Å². The molecule has 0 fully saturated rings. The van der Waals surface area contributed by atoms with Gasteiger partial charge in [0.05, 0.1) is 104 Å². The minimum Gasteiger partial charge on any atom is -0.394 e. The summed E-state index contributed by atoms with van der Waals surface area (Å²) in [7, 11) is 1.64. The lowest BCUT2D eigenvalue weighted by Crippen LogP contribution is -2.24. The number of hydrogen-bond acceptors (Lipinski definition) is 10. The molecule has 10 heteroatoms. The van der Waals surface area contributed by atoms with Crippen molar-refractivity contribution >= 4 is 0 Å². The van der Waals surface area contributed by atoms with Crippen LogP contribution in [0.15, 0.2) is 0 Å². The largest absolute Gasteiger partial charge is 0.394 e. The molecule has 0 saturated carbocycles. The monoisotopic (exact) mass is 444 g/mol. The zero-order valence-electron chi connectivity index (χ0n) is 19.1. The van der Waals surface area contributed by atoms with Crippen LogP contribution in [0.3, 0.4) is 0 Å². The van der Waals surface area contributed by atoms with E-state index in [1.807, 2.05) is 6.92 Å². The van der Waals surface area contributed by atoms with Crippen LogP contribution in [0.2, 0.25) is 0 Å². The Labute approximate surface area is 181 Å². The first kappa shape index (κ1) is 31.8. The maximum absolute atomic E-state index is 8.92. The predicted molar refractivity (Wildman–Crippen MR) is 112 cm³/mol. The summed E-state index contributed by atoms with van der Waals surface area (Å²) in [5, 5.41) is 26.0. The predicted octanol–water partition coefficient (Wildman–Crippen LogP) is -0.139. The van der Waals surface area contributed by atoms with Crippen LogP contribution < -0.4 is 0 Å². The van der Waals surface area contributed by atoms with E-state index in [0.29, 0.717) is 72.7 Å². The highest BCUT2D eigenvalue weighted by Gasteiger charge is 2.07. The maximum atomic E-state index is 8.92. The average Bonchev–Trinajstić information content (AvgIpc) is 2.74. The van der Waals surface area contributed by atoms with Gasteiger partial charge in [-0.25, -0.2) is 0 Å².